The van der Waals surface area contributed by atoms with Crippen molar-refractivity contribution in [3.05, 3.63) is 48.0 Å². The number of amides is 1. The lowest BCUT2D eigenvalue weighted by molar-refractivity contribution is -0.120. The largest absolute Gasteiger partial charge is 0.497 e. The van der Waals surface area contributed by atoms with Gasteiger partial charge in [-0.1, -0.05) is 12.1 Å². The second kappa shape index (κ2) is 10.2. The van der Waals surface area contributed by atoms with Gasteiger partial charge in [-0.3, -0.25) is 9.10 Å². The van der Waals surface area contributed by atoms with E-state index in [2.05, 4.69) is 5.32 Å². The Morgan fingerprint density at radius 2 is 1.80 bits per heavy atom. The number of sulfonamides is 1. The lowest BCUT2D eigenvalue weighted by atomic mass is 10.1. The molecule has 0 fully saturated rings. The summed E-state index contributed by atoms with van der Waals surface area (Å²) in [6.45, 7) is 3.57. The lowest BCUT2D eigenvalue weighted by Gasteiger charge is -2.25. The molecular weight excluding hydrogens is 408 g/mol. The Hall–Kier alpha value is -2.94. The molecule has 0 aliphatic carbocycles. The Balaban J connectivity index is 2.26. The first kappa shape index (κ1) is 23.3. The van der Waals surface area contributed by atoms with Crippen LogP contribution in [0.25, 0.3) is 0 Å². The summed E-state index contributed by atoms with van der Waals surface area (Å²) in [6, 6.07) is 11.5. The molecule has 164 valence electrons. The number of ether oxygens (including phenoxy) is 3. The molecule has 0 saturated carbocycles. The minimum Gasteiger partial charge on any atom is -0.497 e. The van der Waals surface area contributed by atoms with Crippen LogP contribution in [0.2, 0.25) is 0 Å². The van der Waals surface area contributed by atoms with Crippen molar-refractivity contribution >= 4 is 21.6 Å². The van der Waals surface area contributed by atoms with Gasteiger partial charge in [0.05, 0.1) is 38.8 Å². The molecule has 1 atom stereocenters. The van der Waals surface area contributed by atoms with Crippen LogP contribution in [0.15, 0.2) is 42.5 Å². The minimum absolute atomic E-state index is 0.309. The highest BCUT2D eigenvalue weighted by molar-refractivity contribution is 7.92. The minimum atomic E-state index is -3.73. The van der Waals surface area contributed by atoms with Crippen molar-refractivity contribution in [3.63, 3.8) is 0 Å². The van der Waals surface area contributed by atoms with Gasteiger partial charge in [-0.2, -0.15) is 0 Å². The highest BCUT2D eigenvalue weighted by atomic mass is 32.2. The van der Waals surface area contributed by atoms with Gasteiger partial charge < -0.3 is 19.5 Å². The fraction of sp³-hybridized carbons (Fsp3) is 0.381. The summed E-state index contributed by atoms with van der Waals surface area (Å²) in [5.41, 5.74) is 1.02. The second-order valence-electron chi connectivity index (χ2n) is 6.57. The van der Waals surface area contributed by atoms with Gasteiger partial charge in [0, 0.05) is 5.56 Å². The molecule has 0 radical (unpaired) electrons. The van der Waals surface area contributed by atoms with Crippen molar-refractivity contribution in [2.45, 2.75) is 19.9 Å². The van der Waals surface area contributed by atoms with Crippen LogP contribution in [0, 0.1) is 0 Å². The first-order chi connectivity index (χ1) is 14.2. The van der Waals surface area contributed by atoms with E-state index in [9.17, 15) is 13.2 Å². The van der Waals surface area contributed by atoms with Gasteiger partial charge in [0.15, 0.2) is 0 Å². The Labute approximate surface area is 177 Å². The Morgan fingerprint density at radius 3 is 2.40 bits per heavy atom. The van der Waals surface area contributed by atoms with Gasteiger partial charge in [0.1, 0.15) is 23.8 Å². The molecule has 0 aromatic heterocycles. The van der Waals surface area contributed by atoms with Crippen LogP contribution in [0.1, 0.15) is 25.5 Å². The molecule has 2 rings (SSSR count). The third-order valence-electron chi connectivity index (χ3n) is 4.40. The second-order valence-corrected chi connectivity index (χ2v) is 8.47. The van der Waals surface area contributed by atoms with Crippen LogP contribution < -0.4 is 23.8 Å². The lowest BCUT2D eigenvalue weighted by Crippen LogP contribution is -2.41. The maximum absolute atomic E-state index is 12.8. The molecule has 0 heterocycles. The molecule has 2 aromatic carbocycles. The Morgan fingerprint density at radius 1 is 1.10 bits per heavy atom. The quantitative estimate of drug-likeness (QED) is 0.616. The zero-order valence-electron chi connectivity index (χ0n) is 17.8. The fourth-order valence-corrected chi connectivity index (χ4v) is 3.85. The highest BCUT2D eigenvalue weighted by Gasteiger charge is 2.25. The Bertz CT molecular complexity index is 977. The standard InChI is InChI=1S/C21H28N2O6S/c1-6-29-20-10-8-7-9-18(20)23(30(5,25)26)14-21(24)22-15(2)17-13-16(27-3)11-12-19(17)28-4/h7-13,15H,6,14H2,1-5H3,(H,22,24)/t15-/m0/s1. The van der Waals surface area contributed by atoms with Crippen molar-refractivity contribution in [3.8, 4) is 17.2 Å². The van der Waals surface area contributed by atoms with E-state index in [0.29, 0.717) is 35.1 Å². The number of benzene rings is 2. The molecule has 0 aliphatic rings. The van der Waals surface area contributed by atoms with Gasteiger partial charge in [0.25, 0.3) is 0 Å². The number of carbonyl (C=O) groups is 1. The number of methoxy groups -OCH3 is 2. The number of nitrogens with one attached hydrogen (secondary N) is 1. The van der Waals surface area contributed by atoms with Crippen molar-refractivity contribution in [2.24, 2.45) is 0 Å². The van der Waals surface area contributed by atoms with Crippen LogP contribution in [0.4, 0.5) is 5.69 Å². The van der Waals surface area contributed by atoms with Gasteiger partial charge in [-0.15, -0.1) is 0 Å². The summed E-state index contributed by atoms with van der Waals surface area (Å²) in [4.78, 5) is 12.8. The molecule has 0 bridgehead atoms. The first-order valence-electron chi connectivity index (χ1n) is 9.42. The van der Waals surface area contributed by atoms with Crippen LogP contribution in [0.3, 0.4) is 0 Å². The third kappa shape index (κ3) is 5.79. The average Bonchev–Trinajstić information content (AvgIpc) is 2.71. The SMILES string of the molecule is CCOc1ccccc1N(CC(=O)N[C@@H](C)c1cc(OC)ccc1OC)S(C)(=O)=O. The Kier molecular flexibility index (Phi) is 7.93. The summed E-state index contributed by atoms with van der Waals surface area (Å²) in [5, 5.41) is 2.82. The maximum Gasteiger partial charge on any atom is 0.241 e. The molecule has 0 unspecified atom stereocenters. The number of hydrogen-bond donors (Lipinski definition) is 1. The van der Waals surface area contributed by atoms with Crippen LogP contribution in [-0.2, 0) is 14.8 Å². The number of nitrogens with zero attached hydrogens (tertiary/aromatic N) is 1. The monoisotopic (exact) mass is 436 g/mol. The van der Waals surface area contributed by atoms with E-state index in [1.807, 2.05) is 0 Å². The van der Waals surface area contributed by atoms with E-state index in [0.717, 1.165) is 10.6 Å². The predicted molar refractivity (Wildman–Crippen MR) is 116 cm³/mol. The molecule has 0 spiro atoms. The van der Waals surface area contributed by atoms with Crippen molar-refractivity contribution in [1.82, 2.24) is 5.32 Å². The fourth-order valence-electron chi connectivity index (χ4n) is 2.99. The van der Waals surface area contributed by atoms with Crippen LogP contribution in [-0.4, -0.2) is 48.0 Å². The summed E-state index contributed by atoms with van der Waals surface area (Å²) in [7, 11) is -0.642. The number of carbonyl (C=O) groups excluding carboxylic acids is 1. The molecule has 0 aliphatic heterocycles. The molecule has 0 saturated heterocycles. The zero-order valence-corrected chi connectivity index (χ0v) is 18.7. The zero-order chi connectivity index (χ0) is 22.3. The molecule has 30 heavy (non-hydrogen) atoms. The molecule has 8 nitrogen and oxygen atoms in total. The number of hydrogen-bond acceptors (Lipinski definition) is 6. The normalized spacial score (nSPS) is 12.0. The van der Waals surface area contributed by atoms with Crippen LogP contribution in [0.5, 0.6) is 17.2 Å². The van der Waals surface area contributed by atoms with Gasteiger partial charge in [0.2, 0.25) is 15.9 Å². The maximum atomic E-state index is 12.8. The van der Waals surface area contributed by atoms with Crippen molar-refractivity contribution in [2.75, 3.05) is 37.9 Å². The van der Waals surface area contributed by atoms with E-state index in [1.165, 1.54) is 7.11 Å². The summed E-state index contributed by atoms with van der Waals surface area (Å²) >= 11 is 0. The number of rotatable bonds is 10. The predicted octanol–water partition coefficient (Wildman–Crippen LogP) is 2.75. The molecule has 2 aromatic rings. The topological polar surface area (TPSA) is 94.2 Å². The van der Waals surface area contributed by atoms with E-state index < -0.39 is 22.0 Å². The summed E-state index contributed by atoms with van der Waals surface area (Å²) < 4.78 is 42.0. The molecule has 1 amide bonds. The van der Waals surface area contributed by atoms with Gasteiger partial charge in [-0.25, -0.2) is 8.42 Å². The van der Waals surface area contributed by atoms with Crippen molar-refractivity contribution < 1.29 is 27.4 Å². The summed E-state index contributed by atoms with van der Waals surface area (Å²) in [6.07, 6.45) is 1.05. The van der Waals surface area contributed by atoms with Gasteiger partial charge >= 0.3 is 0 Å². The first-order valence-corrected chi connectivity index (χ1v) is 11.3. The van der Waals surface area contributed by atoms with E-state index in [-0.39, 0.29) is 6.54 Å². The van der Waals surface area contributed by atoms with Crippen LogP contribution >= 0.6 is 0 Å². The third-order valence-corrected chi connectivity index (χ3v) is 5.53. The highest BCUT2D eigenvalue weighted by Crippen LogP contribution is 2.31. The van der Waals surface area contributed by atoms with Crippen molar-refractivity contribution in [1.29, 1.82) is 0 Å². The molecule has 1 N–H and O–H groups in total. The van der Waals surface area contributed by atoms with E-state index in [4.69, 9.17) is 14.2 Å². The van der Waals surface area contributed by atoms with E-state index in [1.54, 1.807) is 63.4 Å². The number of anilines is 1. The molecular formula is C21H28N2O6S. The average molecular weight is 437 g/mol. The van der Waals surface area contributed by atoms with E-state index >= 15 is 0 Å². The smallest absolute Gasteiger partial charge is 0.241 e. The van der Waals surface area contributed by atoms with Gasteiger partial charge in [-0.05, 0) is 44.2 Å². The molecule has 9 heteroatoms. The number of para-hydroxylation sites is 2. The summed E-state index contributed by atoms with van der Waals surface area (Å²) in [5.74, 6) is 1.13.